The molecule has 1 unspecified atom stereocenters. The van der Waals surface area contributed by atoms with Crippen molar-refractivity contribution in [3.05, 3.63) is 29.6 Å². The van der Waals surface area contributed by atoms with Gasteiger partial charge in [-0.15, -0.1) is 0 Å². The Morgan fingerprint density at radius 2 is 2.05 bits per heavy atom. The van der Waals surface area contributed by atoms with E-state index in [1.165, 1.54) is 32.8 Å². The summed E-state index contributed by atoms with van der Waals surface area (Å²) in [4.78, 5) is 0. The minimum Gasteiger partial charge on any atom is -0.494 e. The Kier molecular flexibility index (Phi) is 4.46. The number of nitrogens with one attached hydrogen (secondary N) is 1. The molecule has 0 aromatic heterocycles. The Morgan fingerprint density at radius 1 is 1.37 bits per heavy atom. The molecule has 3 heteroatoms. The first-order valence-electron chi connectivity index (χ1n) is 7.09. The summed E-state index contributed by atoms with van der Waals surface area (Å²) in [5, 5.41) is 3.39. The minimum absolute atomic E-state index is 0.216. The Bertz CT molecular complexity index is 427. The fourth-order valence-electron chi connectivity index (χ4n) is 3.32. The van der Waals surface area contributed by atoms with E-state index in [1.54, 1.807) is 6.07 Å². The van der Waals surface area contributed by atoms with Gasteiger partial charge in [-0.05, 0) is 43.4 Å². The summed E-state index contributed by atoms with van der Waals surface area (Å²) >= 11 is 0. The van der Waals surface area contributed by atoms with Crippen molar-refractivity contribution in [3.63, 3.8) is 0 Å². The van der Waals surface area contributed by atoms with Crippen LogP contribution in [0.1, 0.15) is 38.2 Å². The molecule has 1 saturated carbocycles. The van der Waals surface area contributed by atoms with Gasteiger partial charge < -0.3 is 10.1 Å². The number of rotatable bonds is 5. The number of methoxy groups -OCH3 is 1. The molecule has 1 N–H and O–H groups in total. The van der Waals surface area contributed by atoms with Crippen LogP contribution < -0.4 is 10.1 Å². The van der Waals surface area contributed by atoms with E-state index in [9.17, 15) is 4.39 Å². The zero-order valence-electron chi connectivity index (χ0n) is 12.1. The third kappa shape index (κ3) is 2.92. The summed E-state index contributed by atoms with van der Waals surface area (Å²) in [6, 6.07) is 5.71. The smallest absolute Gasteiger partial charge is 0.168 e. The predicted molar refractivity (Wildman–Crippen MR) is 76.1 cm³/mol. The molecule has 2 nitrogen and oxygen atoms in total. The van der Waals surface area contributed by atoms with Gasteiger partial charge in [-0.1, -0.05) is 31.9 Å². The standard InChI is InChI=1S/C16H24FNO/c1-16(9-4-5-10-16)14(18-2)11-12-7-6-8-13(19-3)15(12)17/h6-8,14,18H,4-5,9-11H2,1-3H3. The van der Waals surface area contributed by atoms with Crippen LogP contribution in [0.3, 0.4) is 0 Å². The normalized spacial score (nSPS) is 19.4. The van der Waals surface area contributed by atoms with Gasteiger partial charge in [-0.3, -0.25) is 0 Å². The van der Waals surface area contributed by atoms with Gasteiger partial charge in [-0.2, -0.15) is 0 Å². The zero-order valence-corrected chi connectivity index (χ0v) is 12.1. The number of halogens is 1. The molecule has 1 fully saturated rings. The molecule has 0 bridgehead atoms. The Labute approximate surface area is 115 Å². The quantitative estimate of drug-likeness (QED) is 0.879. The Hall–Kier alpha value is -1.09. The molecule has 1 aliphatic rings. The molecule has 19 heavy (non-hydrogen) atoms. The lowest BCUT2D eigenvalue weighted by Gasteiger charge is -2.34. The highest BCUT2D eigenvalue weighted by Crippen LogP contribution is 2.41. The Balaban J connectivity index is 2.19. The van der Waals surface area contributed by atoms with Crippen molar-refractivity contribution in [2.24, 2.45) is 5.41 Å². The van der Waals surface area contributed by atoms with E-state index in [0.29, 0.717) is 11.8 Å². The first kappa shape index (κ1) is 14.3. The largest absolute Gasteiger partial charge is 0.494 e. The van der Waals surface area contributed by atoms with E-state index in [2.05, 4.69) is 12.2 Å². The number of benzene rings is 1. The van der Waals surface area contributed by atoms with E-state index in [1.807, 2.05) is 19.2 Å². The van der Waals surface area contributed by atoms with Gasteiger partial charge in [0.15, 0.2) is 11.6 Å². The molecule has 2 rings (SSSR count). The number of hydrogen-bond acceptors (Lipinski definition) is 2. The lowest BCUT2D eigenvalue weighted by molar-refractivity contribution is 0.227. The van der Waals surface area contributed by atoms with Crippen LogP contribution in [0.5, 0.6) is 5.75 Å². The van der Waals surface area contributed by atoms with E-state index in [0.717, 1.165) is 12.0 Å². The molecule has 0 heterocycles. The van der Waals surface area contributed by atoms with Gasteiger partial charge >= 0.3 is 0 Å². The number of ether oxygens (including phenoxy) is 1. The molecular weight excluding hydrogens is 241 g/mol. The fraction of sp³-hybridized carbons (Fsp3) is 0.625. The molecule has 0 saturated heterocycles. The summed E-state index contributed by atoms with van der Waals surface area (Å²) in [5.41, 5.74) is 1.02. The van der Waals surface area contributed by atoms with Crippen LogP contribution >= 0.6 is 0 Å². The summed E-state index contributed by atoms with van der Waals surface area (Å²) in [6.07, 6.45) is 5.74. The summed E-state index contributed by atoms with van der Waals surface area (Å²) < 4.78 is 19.3. The topological polar surface area (TPSA) is 21.3 Å². The molecule has 0 amide bonds. The van der Waals surface area contributed by atoms with Gasteiger partial charge in [-0.25, -0.2) is 4.39 Å². The predicted octanol–water partition coefficient (Wildman–Crippen LogP) is 3.55. The first-order valence-corrected chi connectivity index (χ1v) is 7.09. The average Bonchev–Trinajstić information content (AvgIpc) is 2.85. The van der Waals surface area contributed by atoms with Crippen LogP contribution in [0.4, 0.5) is 4.39 Å². The lowest BCUT2D eigenvalue weighted by Crippen LogP contribution is -2.42. The van der Waals surface area contributed by atoms with Crippen molar-refractivity contribution < 1.29 is 9.13 Å². The highest BCUT2D eigenvalue weighted by molar-refractivity contribution is 5.31. The van der Waals surface area contributed by atoms with E-state index >= 15 is 0 Å². The van der Waals surface area contributed by atoms with Crippen LogP contribution in [-0.2, 0) is 6.42 Å². The second-order valence-electron chi connectivity index (χ2n) is 5.84. The maximum atomic E-state index is 14.2. The number of hydrogen-bond donors (Lipinski definition) is 1. The molecule has 0 aliphatic heterocycles. The fourth-order valence-corrected chi connectivity index (χ4v) is 3.32. The van der Waals surface area contributed by atoms with Crippen LogP contribution in [0, 0.1) is 11.2 Å². The highest BCUT2D eigenvalue weighted by atomic mass is 19.1. The minimum atomic E-state index is -0.216. The number of likely N-dealkylation sites (N-methyl/N-ethyl adjacent to an activating group) is 1. The van der Waals surface area contributed by atoms with Gasteiger partial charge in [0.2, 0.25) is 0 Å². The molecule has 106 valence electrons. The van der Waals surface area contributed by atoms with E-state index < -0.39 is 0 Å². The molecule has 1 aromatic carbocycles. The maximum Gasteiger partial charge on any atom is 0.168 e. The SMILES string of the molecule is CNC(Cc1cccc(OC)c1F)C1(C)CCCC1. The van der Waals surface area contributed by atoms with E-state index in [4.69, 9.17) is 4.74 Å². The molecule has 0 spiro atoms. The second-order valence-corrected chi connectivity index (χ2v) is 5.84. The van der Waals surface area contributed by atoms with Crippen molar-refractivity contribution >= 4 is 0 Å². The third-order valence-corrected chi connectivity index (χ3v) is 4.62. The van der Waals surface area contributed by atoms with Gasteiger partial charge in [0.25, 0.3) is 0 Å². The van der Waals surface area contributed by atoms with Crippen molar-refractivity contribution in [2.45, 2.75) is 45.1 Å². The van der Waals surface area contributed by atoms with Crippen molar-refractivity contribution in [3.8, 4) is 5.75 Å². The van der Waals surface area contributed by atoms with Crippen LogP contribution in [0.25, 0.3) is 0 Å². The lowest BCUT2D eigenvalue weighted by atomic mass is 9.78. The third-order valence-electron chi connectivity index (χ3n) is 4.62. The molecule has 1 aromatic rings. The van der Waals surface area contributed by atoms with Gasteiger partial charge in [0.05, 0.1) is 7.11 Å². The van der Waals surface area contributed by atoms with Crippen molar-refractivity contribution in [1.29, 1.82) is 0 Å². The summed E-state index contributed by atoms with van der Waals surface area (Å²) in [7, 11) is 3.49. The van der Waals surface area contributed by atoms with Gasteiger partial charge in [0.1, 0.15) is 0 Å². The monoisotopic (exact) mass is 265 g/mol. The van der Waals surface area contributed by atoms with Crippen molar-refractivity contribution in [2.75, 3.05) is 14.2 Å². The molecule has 1 aliphatic carbocycles. The maximum absolute atomic E-state index is 14.2. The zero-order chi connectivity index (χ0) is 13.9. The van der Waals surface area contributed by atoms with Crippen molar-refractivity contribution in [1.82, 2.24) is 5.32 Å². The summed E-state index contributed by atoms with van der Waals surface area (Å²) in [5.74, 6) is 0.121. The van der Waals surface area contributed by atoms with Crippen LogP contribution in [-0.4, -0.2) is 20.2 Å². The van der Waals surface area contributed by atoms with Crippen LogP contribution in [0.2, 0.25) is 0 Å². The Morgan fingerprint density at radius 3 is 2.63 bits per heavy atom. The molecule has 0 radical (unpaired) electrons. The van der Waals surface area contributed by atoms with Crippen LogP contribution in [0.15, 0.2) is 18.2 Å². The average molecular weight is 265 g/mol. The van der Waals surface area contributed by atoms with E-state index in [-0.39, 0.29) is 11.2 Å². The second kappa shape index (κ2) is 5.91. The summed E-state index contributed by atoms with van der Waals surface area (Å²) in [6.45, 7) is 2.32. The highest BCUT2D eigenvalue weighted by Gasteiger charge is 2.36. The van der Waals surface area contributed by atoms with Gasteiger partial charge in [0, 0.05) is 6.04 Å². The first-order chi connectivity index (χ1) is 9.10. The molecular formula is C16H24FNO. The molecule has 1 atom stereocenters.